The average Bonchev–Trinajstić information content (AvgIpc) is 2.95. The van der Waals surface area contributed by atoms with Gasteiger partial charge in [0, 0.05) is 24.2 Å². The van der Waals surface area contributed by atoms with E-state index in [1.807, 2.05) is 0 Å². The Balaban J connectivity index is 1.63. The van der Waals surface area contributed by atoms with E-state index in [-0.39, 0.29) is 11.7 Å². The van der Waals surface area contributed by atoms with E-state index in [0.29, 0.717) is 30.7 Å². The lowest BCUT2D eigenvalue weighted by atomic mass is 10.2. The topological polar surface area (TPSA) is 47.6 Å². The first-order valence-electron chi connectivity index (χ1n) is 7.10. The molecule has 1 atom stereocenters. The summed E-state index contributed by atoms with van der Waals surface area (Å²) in [5, 5.41) is 2.69. The Morgan fingerprint density at radius 2 is 2.38 bits per heavy atom. The van der Waals surface area contributed by atoms with Crippen molar-refractivity contribution in [2.24, 2.45) is 0 Å². The van der Waals surface area contributed by atoms with Crippen LogP contribution >= 0.6 is 15.9 Å². The molecule has 0 bridgehead atoms. The number of carbonyl (C=O) groups excluding carboxylic acids is 1. The summed E-state index contributed by atoms with van der Waals surface area (Å²) in [6, 6.07) is 4.46. The van der Waals surface area contributed by atoms with Crippen LogP contribution < -0.4 is 5.32 Å². The highest BCUT2D eigenvalue weighted by molar-refractivity contribution is 9.10. The lowest BCUT2D eigenvalue weighted by molar-refractivity contribution is 0.0166. The molecule has 0 radical (unpaired) electrons. The molecule has 1 amide bonds. The third-order valence-electron chi connectivity index (χ3n) is 3.27. The highest BCUT2D eigenvalue weighted by Gasteiger charge is 2.16. The quantitative estimate of drug-likeness (QED) is 0.761. The predicted molar refractivity (Wildman–Crippen MR) is 80.8 cm³/mol. The smallest absolute Gasteiger partial charge is 0.255 e. The van der Waals surface area contributed by atoms with Crippen LogP contribution in [0.5, 0.6) is 0 Å². The minimum Gasteiger partial charge on any atom is -0.379 e. The summed E-state index contributed by atoms with van der Waals surface area (Å²) in [5.41, 5.74) is 0.0396. The van der Waals surface area contributed by atoms with Crippen LogP contribution in [-0.2, 0) is 9.47 Å². The van der Waals surface area contributed by atoms with E-state index < -0.39 is 11.7 Å². The van der Waals surface area contributed by atoms with Crippen molar-refractivity contribution in [3.63, 3.8) is 0 Å². The van der Waals surface area contributed by atoms with Gasteiger partial charge in [0.1, 0.15) is 5.82 Å². The normalized spacial score (nSPS) is 17.9. The molecular formula is C15H19BrFNO3. The zero-order chi connectivity index (χ0) is 15.1. The number of rotatable bonds is 7. The molecule has 1 aliphatic rings. The van der Waals surface area contributed by atoms with E-state index in [4.69, 9.17) is 9.47 Å². The van der Waals surface area contributed by atoms with Gasteiger partial charge < -0.3 is 14.8 Å². The van der Waals surface area contributed by atoms with Crippen LogP contribution in [0.4, 0.5) is 4.39 Å². The molecule has 1 aromatic carbocycles. The van der Waals surface area contributed by atoms with Crippen molar-refractivity contribution in [3.8, 4) is 0 Å². The molecule has 1 unspecified atom stereocenters. The number of nitrogens with one attached hydrogen (secondary N) is 1. The van der Waals surface area contributed by atoms with Crippen LogP contribution in [-0.4, -0.2) is 38.4 Å². The van der Waals surface area contributed by atoms with Gasteiger partial charge in [-0.3, -0.25) is 4.79 Å². The van der Waals surface area contributed by atoms with E-state index in [0.717, 1.165) is 19.4 Å². The minimum absolute atomic E-state index is 0.0396. The molecule has 0 aromatic heterocycles. The zero-order valence-electron chi connectivity index (χ0n) is 11.7. The van der Waals surface area contributed by atoms with Crippen LogP contribution in [0.2, 0.25) is 0 Å². The van der Waals surface area contributed by atoms with Gasteiger partial charge in [0.05, 0.1) is 18.3 Å². The SMILES string of the molecule is O=C(NCCCOCC1CCCO1)c1c(F)cccc1Br. The molecule has 1 aliphatic heterocycles. The fraction of sp³-hybridized carbons (Fsp3) is 0.533. The van der Waals surface area contributed by atoms with Crippen LogP contribution in [0.1, 0.15) is 29.6 Å². The summed E-state index contributed by atoms with van der Waals surface area (Å²) in [7, 11) is 0. The molecule has 1 N–H and O–H groups in total. The van der Waals surface area contributed by atoms with Crippen molar-refractivity contribution >= 4 is 21.8 Å². The Morgan fingerprint density at radius 1 is 1.52 bits per heavy atom. The molecular weight excluding hydrogens is 341 g/mol. The maximum absolute atomic E-state index is 13.6. The number of hydrogen-bond acceptors (Lipinski definition) is 3. The second kappa shape index (κ2) is 8.46. The lowest BCUT2D eigenvalue weighted by Crippen LogP contribution is -2.27. The molecule has 21 heavy (non-hydrogen) atoms. The Kier molecular flexibility index (Phi) is 6.60. The fourth-order valence-electron chi connectivity index (χ4n) is 2.17. The predicted octanol–water partition coefficient (Wildman–Crippen LogP) is 2.90. The van der Waals surface area contributed by atoms with Gasteiger partial charge in [-0.25, -0.2) is 4.39 Å². The Morgan fingerprint density at radius 3 is 3.10 bits per heavy atom. The summed E-state index contributed by atoms with van der Waals surface area (Å²) in [6.07, 6.45) is 3.05. The summed E-state index contributed by atoms with van der Waals surface area (Å²) in [5.74, 6) is -0.949. The number of ether oxygens (including phenoxy) is 2. The number of amides is 1. The number of carbonyl (C=O) groups is 1. The van der Waals surface area contributed by atoms with Gasteiger partial charge in [-0.05, 0) is 47.3 Å². The van der Waals surface area contributed by atoms with E-state index in [9.17, 15) is 9.18 Å². The van der Waals surface area contributed by atoms with Crippen molar-refractivity contribution in [1.82, 2.24) is 5.32 Å². The molecule has 0 spiro atoms. The number of halogens is 2. The Bertz CT molecular complexity index is 458. The summed E-state index contributed by atoms with van der Waals surface area (Å²) in [4.78, 5) is 11.9. The molecule has 1 aromatic rings. The van der Waals surface area contributed by atoms with Gasteiger partial charge in [-0.2, -0.15) is 0 Å². The molecule has 1 saturated heterocycles. The summed E-state index contributed by atoms with van der Waals surface area (Å²) >= 11 is 3.18. The summed E-state index contributed by atoms with van der Waals surface area (Å²) < 4.78 is 25.0. The van der Waals surface area contributed by atoms with Gasteiger partial charge in [-0.15, -0.1) is 0 Å². The maximum Gasteiger partial charge on any atom is 0.255 e. The van der Waals surface area contributed by atoms with Crippen molar-refractivity contribution in [2.45, 2.75) is 25.4 Å². The van der Waals surface area contributed by atoms with Crippen LogP contribution in [0.25, 0.3) is 0 Å². The summed E-state index contributed by atoms with van der Waals surface area (Å²) in [6.45, 7) is 2.43. The van der Waals surface area contributed by atoms with Crippen molar-refractivity contribution in [2.75, 3.05) is 26.4 Å². The minimum atomic E-state index is -0.531. The van der Waals surface area contributed by atoms with Gasteiger partial charge in [0.15, 0.2) is 0 Å². The third-order valence-corrected chi connectivity index (χ3v) is 3.93. The first-order valence-corrected chi connectivity index (χ1v) is 7.89. The molecule has 6 heteroatoms. The van der Waals surface area contributed by atoms with E-state index >= 15 is 0 Å². The number of hydrogen-bond donors (Lipinski definition) is 1. The standard InChI is InChI=1S/C15H19BrFNO3/c16-12-5-1-6-13(17)14(12)15(19)18-7-3-8-20-10-11-4-2-9-21-11/h1,5-6,11H,2-4,7-10H2,(H,18,19). The molecule has 116 valence electrons. The highest BCUT2D eigenvalue weighted by atomic mass is 79.9. The molecule has 4 nitrogen and oxygen atoms in total. The van der Waals surface area contributed by atoms with Gasteiger partial charge in [-0.1, -0.05) is 6.07 Å². The van der Waals surface area contributed by atoms with E-state index in [1.54, 1.807) is 12.1 Å². The molecule has 0 saturated carbocycles. The molecule has 1 fully saturated rings. The van der Waals surface area contributed by atoms with Gasteiger partial charge in [0.25, 0.3) is 5.91 Å². The van der Waals surface area contributed by atoms with Crippen LogP contribution in [0, 0.1) is 5.82 Å². The maximum atomic E-state index is 13.6. The Hall–Kier alpha value is -0.980. The monoisotopic (exact) mass is 359 g/mol. The van der Waals surface area contributed by atoms with Gasteiger partial charge in [0.2, 0.25) is 0 Å². The lowest BCUT2D eigenvalue weighted by Gasteiger charge is -2.11. The van der Waals surface area contributed by atoms with Gasteiger partial charge >= 0.3 is 0 Å². The van der Waals surface area contributed by atoms with Crippen molar-refractivity contribution in [1.29, 1.82) is 0 Å². The largest absolute Gasteiger partial charge is 0.379 e. The first-order chi connectivity index (χ1) is 10.2. The zero-order valence-corrected chi connectivity index (χ0v) is 13.3. The molecule has 0 aliphatic carbocycles. The second-order valence-electron chi connectivity index (χ2n) is 4.92. The van der Waals surface area contributed by atoms with Crippen molar-refractivity contribution < 1.29 is 18.7 Å². The second-order valence-corrected chi connectivity index (χ2v) is 5.77. The van der Waals surface area contributed by atoms with Crippen molar-refractivity contribution in [3.05, 3.63) is 34.1 Å². The molecule has 2 rings (SSSR count). The average molecular weight is 360 g/mol. The first kappa shape index (κ1) is 16.4. The Labute approximate surface area is 132 Å². The van der Waals surface area contributed by atoms with Crippen LogP contribution in [0.3, 0.4) is 0 Å². The fourth-order valence-corrected chi connectivity index (χ4v) is 2.69. The van der Waals surface area contributed by atoms with E-state index in [1.165, 1.54) is 6.07 Å². The number of benzene rings is 1. The van der Waals surface area contributed by atoms with Crippen LogP contribution in [0.15, 0.2) is 22.7 Å². The highest BCUT2D eigenvalue weighted by Crippen LogP contribution is 2.19. The molecule has 1 heterocycles. The third kappa shape index (κ3) is 5.05. The van der Waals surface area contributed by atoms with E-state index in [2.05, 4.69) is 21.2 Å².